The molecule has 0 bridgehead atoms. The maximum Gasteiger partial charge on any atom is 0.124 e. The summed E-state index contributed by atoms with van der Waals surface area (Å²) < 4.78 is 10.9. The maximum atomic E-state index is 8.90. The van der Waals surface area contributed by atoms with Gasteiger partial charge in [-0.1, -0.05) is 15.9 Å². The minimum atomic E-state index is 0.301. The third-order valence-electron chi connectivity index (χ3n) is 3.03. The lowest BCUT2D eigenvalue weighted by atomic mass is 10.1. The van der Waals surface area contributed by atoms with Crippen LogP contribution in [0, 0.1) is 16.7 Å². The fraction of sp³-hybridized carbons (Fsp3) is 0.462. The molecule has 1 aliphatic carbocycles. The number of nitriles is 1. The number of alkyl halides is 1. The van der Waals surface area contributed by atoms with Gasteiger partial charge < -0.3 is 9.47 Å². The fourth-order valence-electron chi connectivity index (χ4n) is 1.57. The fourth-order valence-corrected chi connectivity index (χ4v) is 2.29. The summed E-state index contributed by atoms with van der Waals surface area (Å²) >= 11 is 3.51. The van der Waals surface area contributed by atoms with Gasteiger partial charge in [-0.25, -0.2) is 0 Å². The summed E-state index contributed by atoms with van der Waals surface area (Å²) in [6.45, 7) is 0.691. The first-order chi connectivity index (χ1) is 8.21. The Kier molecular flexibility index (Phi) is 3.58. The first kappa shape index (κ1) is 12.3. The van der Waals surface area contributed by atoms with Gasteiger partial charge in [-0.15, -0.1) is 0 Å². The Morgan fingerprint density at radius 2 is 2.06 bits per heavy atom. The van der Waals surface area contributed by atoms with Crippen LogP contribution in [0.4, 0.5) is 0 Å². The summed E-state index contributed by atoms with van der Waals surface area (Å²) in [5.74, 6) is 1.36. The summed E-state index contributed by atoms with van der Waals surface area (Å²) in [5.41, 5.74) is 0.860. The molecule has 0 radical (unpaired) electrons. The van der Waals surface area contributed by atoms with Crippen molar-refractivity contribution in [3.63, 3.8) is 0 Å². The van der Waals surface area contributed by atoms with E-state index in [1.165, 1.54) is 12.8 Å². The highest BCUT2D eigenvalue weighted by atomic mass is 79.9. The van der Waals surface area contributed by atoms with E-state index in [9.17, 15) is 0 Å². The number of hydrogen-bond donors (Lipinski definition) is 0. The average molecular weight is 296 g/mol. The van der Waals surface area contributed by atoms with E-state index < -0.39 is 0 Å². The van der Waals surface area contributed by atoms with Crippen LogP contribution >= 0.6 is 15.9 Å². The van der Waals surface area contributed by atoms with Gasteiger partial charge in [0.15, 0.2) is 0 Å². The van der Waals surface area contributed by atoms with Crippen molar-refractivity contribution in [2.45, 2.75) is 12.8 Å². The van der Waals surface area contributed by atoms with Crippen molar-refractivity contribution in [2.75, 3.05) is 19.0 Å². The molecule has 2 rings (SSSR count). The van der Waals surface area contributed by atoms with Crippen molar-refractivity contribution >= 4 is 15.9 Å². The van der Waals surface area contributed by atoms with Crippen molar-refractivity contribution in [1.29, 1.82) is 5.26 Å². The average Bonchev–Trinajstić information content (AvgIpc) is 3.16. The van der Waals surface area contributed by atoms with Crippen molar-refractivity contribution in [2.24, 2.45) is 5.41 Å². The minimum absolute atomic E-state index is 0.301. The molecule has 17 heavy (non-hydrogen) atoms. The van der Waals surface area contributed by atoms with Crippen LogP contribution in [0.3, 0.4) is 0 Å². The molecule has 4 heteroatoms. The van der Waals surface area contributed by atoms with E-state index in [1.54, 1.807) is 19.2 Å². The van der Waals surface area contributed by atoms with Crippen LogP contribution in [-0.2, 0) is 0 Å². The van der Waals surface area contributed by atoms with Gasteiger partial charge in [-0.2, -0.15) is 5.26 Å². The van der Waals surface area contributed by atoms with E-state index in [0.717, 1.165) is 5.33 Å². The second kappa shape index (κ2) is 4.97. The molecule has 1 fully saturated rings. The van der Waals surface area contributed by atoms with Crippen LogP contribution in [0.1, 0.15) is 18.4 Å². The minimum Gasteiger partial charge on any atom is -0.497 e. The normalized spacial score (nSPS) is 16.1. The third kappa shape index (κ3) is 2.92. The highest BCUT2D eigenvalue weighted by Crippen LogP contribution is 2.47. The van der Waals surface area contributed by atoms with Crippen LogP contribution in [0.15, 0.2) is 18.2 Å². The number of methoxy groups -OCH3 is 1. The first-order valence-electron chi connectivity index (χ1n) is 5.49. The summed E-state index contributed by atoms with van der Waals surface area (Å²) in [6.07, 6.45) is 2.40. The van der Waals surface area contributed by atoms with Gasteiger partial charge in [0.25, 0.3) is 0 Å². The highest BCUT2D eigenvalue weighted by Gasteiger charge is 2.42. The smallest absolute Gasteiger partial charge is 0.124 e. The Bertz CT molecular complexity index is 449. The number of halogens is 1. The Morgan fingerprint density at radius 1 is 1.35 bits per heavy atom. The van der Waals surface area contributed by atoms with E-state index in [2.05, 4.69) is 22.0 Å². The molecule has 1 aromatic carbocycles. The SMILES string of the molecule is COc1cc(C#N)cc(OCC2(CBr)CC2)c1. The summed E-state index contributed by atoms with van der Waals surface area (Å²) in [4.78, 5) is 0. The van der Waals surface area contributed by atoms with Crippen LogP contribution in [-0.4, -0.2) is 19.0 Å². The molecule has 0 saturated heterocycles. The number of nitrogens with zero attached hydrogens (tertiary/aromatic N) is 1. The standard InChI is InChI=1S/C13H14BrNO2/c1-16-11-4-10(7-15)5-12(6-11)17-9-13(8-14)2-3-13/h4-6H,2-3,8-9H2,1H3. The number of benzene rings is 1. The van der Waals surface area contributed by atoms with Crippen LogP contribution < -0.4 is 9.47 Å². The van der Waals surface area contributed by atoms with E-state index in [1.807, 2.05) is 6.07 Å². The van der Waals surface area contributed by atoms with Gasteiger partial charge in [-0.05, 0) is 25.0 Å². The second-order valence-electron chi connectivity index (χ2n) is 4.43. The van der Waals surface area contributed by atoms with Gasteiger partial charge in [0.1, 0.15) is 11.5 Å². The monoisotopic (exact) mass is 295 g/mol. The predicted molar refractivity (Wildman–Crippen MR) is 68.7 cm³/mol. The lowest BCUT2D eigenvalue weighted by Crippen LogP contribution is -2.14. The van der Waals surface area contributed by atoms with E-state index >= 15 is 0 Å². The predicted octanol–water partition coefficient (Wildman–Crippen LogP) is 3.12. The first-order valence-corrected chi connectivity index (χ1v) is 6.61. The molecule has 0 atom stereocenters. The zero-order valence-electron chi connectivity index (χ0n) is 9.70. The zero-order valence-corrected chi connectivity index (χ0v) is 11.3. The maximum absolute atomic E-state index is 8.90. The summed E-state index contributed by atoms with van der Waals surface area (Å²) in [7, 11) is 1.58. The molecule has 0 aromatic heterocycles. The van der Waals surface area contributed by atoms with Crippen molar-refractivity contribution in [3.8, 4) is 17.6 Å². The van der Waals surface area contributed by atoms with Crippen molar-refractivity contribution in [3.05, 3.63) is 23.8 Å². The summed E-state index contributed by atoms with van der Waals surface area (Å²) in [5, 5.41) is 9.87. The second-order valence-corrected chi connectivity index (χ2v) is 4.99. The molecular weight excluding hydrogens is 282 g/mol. The molecule has 0 heterocycles. The molecule has 1 aliphatic rings. The Hall–Kier alpha value is -1.21. The van der Waals surface area contributed by atoms with Crippen LogP contribution in [0.2, 0.25) is 0 Å². The van der Waals surface area contributed by atoms with E-state index in [-0.39, 0.29) is 0 Å². The molecule has 1 aromatic rings. The van der Waals surface area contributed by atoms with Crippen molar-refractivity contribution in [1.82, 2.24) is 0 Å². The zero-order chi connectivity index (χ0) is 12.3. The Labute approximate surface area is 109 Å². The molecule has 0 spiro atoms. The molecule has 0 N–H and O–H groups in total. The Morgan fingerprint density at radius 3 is 2.59 bits per heavy atom. The van der Waals surface area contributed by atoms with Crippen LogP contribution in [0.5, 0.6) is 11.5 Å². The number of ether oxygens (including phenoxy) is 2. The quantitative estimate of drug-likeness (QED) is 0.784. The van der Waals surface area contributed by atoms with Gasteiger partial charge in [0.2, 0.25) is 0 Å². The molecular formula is C13H14BrNO2. The Balaban J connectivity index is 2.07. The third-order valence-corrected chi connectivity index (χ3v) is 4.22. The van der Waals surface area contributed by atoms with Crippen molar-refractivity contribution < 1.29 is 9.47 Å². The molecule has 0 unspecified atom stereocenters. The van der Waals surface area contributed by atoms with Gasteiger partial charge in [-0.3, -0.25) is 0 Å². The largest absolute Gasteiger partial charge is 0.497 e. The molecule has 0 amide bonds. The number of hydrogen-bond acceptors (Lipinski definition) is 3. The van der Waals surface area contributed by atoms with Gasteiger partial charge in [0.05, 0.1) is 25.3 Å². The van der Waals surface area contributed by atoms with Crippen LogP contribution in [0.25, 0.3) is 0 Å². The molecule has 0 aliphatic heterocycles. The topological polar surface area (TPSA) is 42.2 Å². The number of rotatable bonds is 5. The van der Waals surface area contributed by atoms with Gasteiger partial charge in [0, 0.05) is 16.8 Å². The molecule has 90 valence electrons. The van der Waals surface area contributed by atoms with E-state index in [4.69, 9.17) is 14.7 Å². The summed E-state index contributed by atoms with van der Waals surface area (Å²) in [6, 6.07) is 7.35. The lowest BCUT2D eigenvalue weighted by Gasteiger charge is -2.14. The highest BCUT2D eigenvalue weighted by molar-refractivity contribution is 9.09. The molecule has 1 saturated carbocycles. The van der Waals surface area contributed by atoms with E-state index in [0.29, 0.717) is 29.1 Å². The van der Waals surface area contributed by atoms with Gasteiger partial charge >= 0.3 is 0 Å². The lowest BCUT2D eigenvalue weighted by molar-refractivity contribution is 0.250. The molecule has 3 nitrogen and oxygen atoms in total.